The maximum Gasteiger partial charge on any atom is 0.276 e. The summed E-state index contributed by atoms with van der Waals surface area (Å²) in [6.07, 6.45) is 3.50. The van der Waals surface area contributed by atoms with E-state index in [1.54, 1.807) is 31.6 Å². The van der Waals surface area contributed by atoms with Crippen LogP contribution in [0, 0.1) is 6.92 Å². The zero-order chi connectivity index (χ0) is 18.4. The second kappa shape index (κ2) is 8.06. The van der Waals surface area contributed by atoms with Crippen LogP contribution in [0.3, 0.4) is 0 Å². The van der Waals surface area contributed by atoms with Gasteiger partial charge in [-0.1, -0.05) is 12.1 Å². The molecule has 0 spiro atoms. The Morgan fingerprint density at radius 3 is 2.73 bits per heavy atom. The molecule has 2 heterocycles. The molecule has 26 heavy (non-hydrogen) atoms. The van der Waals surface area contributed by atoms with Crippen molar-refractivity contribution in [3.8, 4) is 5.75 Å². The molecule has 0 radical (unpaired) electrons. The molecule has 1 aromatic carbocycles. The molecule has 3 rings (SSSR count). The van der Waals surface area contributed by atoms with Crippen molar-refractivity contribution in [1.29, 1.82) is 0 Å². The summed E-state index contributed by atoms with van der Waals surface area (Å²) in [5.74, 6) is 0.824. The second-order valence-electron chi connectivity index (χ2n) is 5.68. The summed E-state index contributed by atoms with van der Waals surface area (Å²) < 4.78 is 5.26. The van der Waals surface area contributed by atoms with E-state index in [2.05, 4.69) is 25.8 Å². The van der Waals surface area contributed by atoms with Crippen molar-refractivity contribution in [2.45, 2.75) is 13.5 Å². The number of carbonyl (C=O) groups excluding carboxylic acids is 1. The fraction of sp³-hybridized carbons (Fsp3) is 0.158. The highest BCUT2D eigenvalue weighted by Gasteiger charge is 2.12. The number of benzene rings is 1. The summed E-state index contributed by atoms with van der Waals surface area (Å²) in [7, 11) is 1.56. The molecule has 0 saturated carbocycles. The van der Waals surface area contributed by atoms with Crippen LogP contribution in [0.2, 0.25) is 0 Å². The van der Waals surface area contributed by atoms with Gasteiger partial charge in [-0.25, -0.2) is 0 Å². The largest absolute Gasteiger partial charge is 0.495 e. The Morgan fingerprint density at radius 2 is 2.04 bits per heavy atom. The van der Waals surface area contributed by atoms with E-state index in [0.29, 0.717) is 23.8 Å². The molecular weight excluding hydrogens is 330 g/mol. The fourth-order valence-corrected chi connectivity index (χ4v) is 2.35. The Labute approximate surface area is 151 Å². The lowest BCUT2D eigenvalue weighted by Crippen LogP contribution is -2.15. The van der Waals surface area contributed by atoms with E-state index in [9.17, 15) is 4.79 Å². The van der Waals surface area contributed by atoms with E-state index >= 15 is 0 Å². The van der Waals surface area contributed by atoms with Crippen molar-refractivity contribution in [3.63, 3.8) is 0 Å². The van der Waals surface area contributed by atoms with Crippen molar-refractivity contribution >= 4 is 17.4 Å². The Hall–Kier alpha value is -3.48. The highest BCUT2D eigenvalue weighted by atomic mass is 16.5. The van der Waals surface area contributed by atoms with Gasteiger partial charge in [0.05, 0.1) is 12.8 Å². The number of hydrogen-bond acceptors (Lipinski definition) is 6. The number of pyridine rings is 1. The number of aryl methyl sites for hydroxylation is 1. The minimum atomic E-state index is -0.347. The van der Waals surface area contributed by atoms with Gasteiger partial charge in [0.25, 0.3) is 5.91 Å². The highest BCUT2D eigenvalue weighted by molar-refractivity contribution is 6.03. The lowest BCUT2D eigenvalue weighted by molar-refractivity contribution is 0.102. The summed E-state index contributed by atoms with van der Waals surface area (Å²) in [5.41, 5.74) is 2.86. The van der Waals surface area contributed by atoms with Crippen LogP contribution >= 0.6 is 0 Å². The van der Waals surface area contributed by atoms with Gasteiger partial charge in [0.2, 0.25) is 0 Å². The zero-order valence-corrected chi connectivity index (χ0v) is 14.6. The first-order valence-corrected chi connectivity index (χ1v) is 8.08. The van der Waals surface area contributed by atoms with Gasteiger partial charge >= 0.3 is 0 Å². The van der Waals surface area contributed by atoms with Crippen LogP contribution in [0.25, 0.3) is 0 Å². The molecule has 2 N–H and O–H groups in total. The van der Waals surface area contributed by atoms with Crippen LogP contribution in [0.4, 0.5) is 11.5 Å². The molecule has 0 saturated heterocycles. The summed E-state index contributed by atoms with van der Waals surface area (Å²) >= 11 is 0. The fourth-order valence-electron chi connectivity index (χ4n) is 2.35. The van der Waals surface area contributed by atoms with Gasteiger partial charge in [-0.3, -0.25) is 9.78 Å². The van der Waals surface area contributed by atoms with E-state index in [0.717, 1.165) is 11.1 Å². The van der Waals surface area contributed by atoms with Crippen LogP contribution in [-0.4, -0.2) is 28.2 Å². The van der Waals surface area contributed by atoms with E-state index < -0.39 is 0 Å². The first-order valence-electron chi connectivity index (χ1n) is 8.08. The lowest BCUT2D eigenvalue weighted by Gasteiger charge is -2.11. The van der Waals surface area contributed by atoms with Crippen LogP contribution in [0.1, 0.15) is 21.6 Å². The maximum absolute atomic E-state index is 12.4. The van der Waals surface area contributed by atoms with E-state index in [1.165, 1.54) is 0 Å². The first kappa shape index (κ1) is 17.3. The number of methoxy groups -OCH3 is 1. The van der Waals surface area contributed by atoms with Crippen LogP contribution < -0.4 is 15.4 Å². The summed E-state index contributed by atoms with van der Waals surface area (Å²) in [5, 5.41) is 14.0. The Bertz CT molecular complexity index is 882. The van der Waals surface area contributed by atoms with Crippen molar-refractivity contribution in [2.75, 3.05) is 17.7 Å². The number of aromatic nitrogens is 3. The average molecular weight is 349 g/mol. The molecular formula is C19H19N5O2. The Kier molecular flexibility index (Phi) is 5.38. The predicted octanol–water partition coefficient (Wildman–Crippen LogP) is 3.05. The topological polar surface area (TPSA) is 89.0 Å². The van der Waals surface area contributed by atoms with Gasteiger partial charge in [-0.2, -0.15) is 0 Å². The molecule has 3 aromatic rings. The van der Waals surface area contributed by atoms with Gasteiger partial charge in [-0.15, -0.1) is 10.2 Å². The van der Waals surface area contributed by atoms with Crippen molar-refractivity contribution in [3.05, 3.63) is 71.7 Å². The molecule has 0 aliphatic heterocycles. The summed E-state index contributed by atoms with van der Waals surface area (Å²) in [6, 6.07) is 12.7. The quantitative estimate of drug-likeness (QED) is 0.711. The van der Waals surface area contributed by atoms with Gasteiger partial charge in [-0.05, 0) is 48.4 Å². The monoisotopic (exact) mass is 349 g/mol. The average Bonchev–Trinajstić information content (AvgIpc) is 2.68. The molecule has 132 valence electrons. The number of nitrogens with zero attached hydrogens (tertiary/aromatic N) is 3. The summed E-state index contributed by atoms with van der Waals surface area (Å²) in [6.45, 7) is 2.52. The molecule has 0 aliphatic rings. The molecule has 0 bridgehead atoms. The van der Waals surface area contributed by atoms with E-state index in [-0.39, 0.29) is 11.6 Å². The minimum absolute atomic E-state index is 0.223. The zero-order valence-electron chi connectivity index (χ0n) is 14.6. The van der Waals surface area contributed by atoms with Gasteiger partial charge in [0, 0.05) is 18.9 Å². The van der Waals surface area contributed by atoms with Crippen molar-refractivity contribution in [2.24, 2.45) is 0 Å². The van der Waals surface area contributed by atoms with Gasteiger partial charge < -0.3 is 15.4 Å². The van der Waals surface area contributed by atoms with Gasteiger partial charge in [0.15, 0.2) is 5.69 Å². The standard InChI is InChI=1S/C19H19N5O2/c1-13-5-7-17(26-2)16(10-13)22-19(25)15-6-8-18(24-23-15)21-12-14-4-3-9-20-11-14/h3-11H,12H2,1-2H3,(H,21,24)(H,22,25). The second-order valence-corrected chi connectivity index (χ2v) is 5.68. The molecule has 7 nitrogen and oxygen atoms in total. The van der Waals surface area contributed by atoms with Crippen molar-refractivity contribution < 1.29 is 9.53 Å². The molecule has 0 atom stereocenters. The minimum Gasteiger partial charge on any atom is -0.495 e. The third kappa shape index (κ3) is 4.32. The number of anilines is 2. The predicted molar refractivity (Wildman–Crippen MR) is 99.3 cm³/mol. The molecule has 0 aliphatic carbocycles. The molecule has 7 heteroatoms. The van der Waals surface area contributed by atoms with Crippen LogP contribution in [0.15, 0.2) is 54.9 Å². The first-order chi connectivity index (χ1) is 12.7. The van der Waals surface area contributed by atoms with E-state index in [1.807, 2.05) is 37.3 Å². The number of hydrogen-bond donors (Lipinski definition) is 2. The SMILES string of the molecule is COc1ccc(C)cc1NC(=O)c1ccc(NCc2cccnc2)nn1. The number of rotatable bonds is 6. The van der Waals surface area contributed by atoms with Crippen LogP contribution in [0.5, 0.6) is 5.75 Å². The third-order valence-corrected chi connectivity index (χ3v) is 3.70. The van der Waals surface area contributed by atoms with Crippen molar-refractivity contribution in [1.82, 2.24) is 15.2 Å². The molecule has 2 aromatic heterocycles. The summed E-state index contributed by atoms with van der Waals surface area (Å²) in [4.78, 5) is 16.4. The van der Waals surface area contributed by atoms with Crippen LogP contribution in [-0.2, 0) is 6.54 Å². The normalized spacial score (nSPS) is 10.2. The smallest absolute Gasteiger partial charge is 0.276 e. The Morgan fingerprint density at radius 1 is 1.15 bits per heavy atom. The molecule has 1 amide bonds. The highest BCUT2D eigenvalue weighted by Crippen LogP contribution is 2.25. The number of amides is 1. The van der Waals surface area contributed by atoms with E-state index in [4.69, 9.17) is 4.74 Å². The Balaban J connectivity index is 1.64. The third-order valence-electron chi connectivity index (χ3n) is 3.70. The number of nitrogens with one attached hydrogen (secondary N) is 2. The maximum atomic E-state index is 12.4. The lowest BCUT2D eigenvalue weighted by atomic mass is 10.2. The van der Waals surface area contributed by atoms with Gasteiger partial charge in [0.1, 0.15) is 11.6 Å². The molecule has 0 unspecified atom stereocenters. The number of ether oxygens (including phenoxy) is 1. The number of carbonyl (C=O) groups is 1. The molecule has 0 fully saturated rings.